The third kappa shape index (κ3) is 4.35. The van der Waals surface area contributed by atoms with E-state index in [0.29, 0.717) is 0 Å². The first-order valence-electron chi connectivity index (χ1n) is 11.9. The number of aliphatic carboxylic acids is 1. The van der Waals surface area contributed by atoms with Gasteiger partial charge in [-0.05, 0) is 35.4 Å². The van der Waals surface area contributed by atoms with Gasteiger partial charge in [0.05, 0.1) is 36.3 Å². The van der Waals surface area contributed by atoms with Crippen molar-refractivity contribution in [2.75, 3.05) is 11.5 Å². The molecule has 0 bridgehead atoms. The average Bonchev–Trinajstić information content (AvgIpc) is 3.39. The Morgan fingerprint density at radius 3 is 2.11 bits per heavy atom. The largest absolute Gasteiger partial charge is 0.480 e. The third-order valence-electron chi connectivity index (χ3n) is 7.09. The highest BCUT2D eigenvalue weighted by Gasteiger charge is 2.69. The summed E-state index contributed by atoms with van der Waals surface area (Å²) in [5, 5.41) is 13.3. The van der Waals surface area contributed by atoms with Crippen LogP contribution in [-0.2, 0) is 31.9 Å². The van der Waals surface area contributed by atoms with E-state index in [0.717, 1.165) is 22.6 Å². The van der Waals surface area contributed by atoms with E-state index >= 15 is 0 Å². The summed E-state index contributed by atoms with van der Waals surface area (Å²) in [6.45, 7) is -0.387. The van der Waals surface area contributed by atoms with Gasteiger partial charge in [-0.15, -0.1) is 0 Å². The maximum Gasteiger partial charge on any atom is 0.416 e. The predicted octanol–water partition coefficient (Wildman–Crippen LogP) is 4.20. The second kappa shape index (κ2) is 9.70. The zero-order valence-corrected chi connectivity index (χ0v) is 19.9. The van der Waals surface area contributed by atoms with Gasteiger partial charge in [0.25, 0.3) is 0 Å². The minimum absolute atomic E-state index is 0.0599. The van der Waals surface area contributed by atoms with Gasteiger partial charge in [-0.3, -0.25) is 19.7 Å². The number of carboxylic acid groups (broad SMARTS) is 1. The molecular weight excluding hydrogens is 501 g/mol. The first kappa shape index (κ1) is 25.6. The second-order valence-electron chi connectivity index (χ2n) is 9.35. The van der Waals surface area contributed by atoms with Crippen LogP contribution in [0.2, 0.25) is 0 Å². The van der Waals surface area contributed by atoms with Crippen molar-refractivity contribution in [2.45, 2.75) is 24.4 Å². The zero-order chi connectivity index (χ0) is 27.1. The molecular formula is C28H23F3N2O5. The molecule has 2 heterocycles. The number of benzene rings is 3. The topological polar surface area (TPSA) is 95.9 Å². The molecule has 5 rings (SSSR count). The molecule has 0 aromatic heterocycles. The van der Waals surface area contributed by atoms with E-state index in [1.54, 1.807) is 54.6 Å². The molecule has 0 aliphatic carbocycles. The SMILES string of the molecule is O=C1C2C(c3ccc(C(F)(F)F)cc3)NC(COCc3ccccc3)(C(=O)O)C2C(=O)N1c1ccccc1. The Morgan fingerprint density at radius 1 is 0.921 bits per heavy atom. The molecule has 2 fully saturated rings. The lowest BCUT2D eigenvalue weighted by molar-refractivity contribution is -0.152. The molecule has 4 unspecified atom stereocenters. The standard InChI is InChI=1S/C28H23F3N2O5/c29-28(30,31)19-13-11-18(12-14-19)23-21-22(25(35)33(24(21)34)20-9-5-2-6-10-20)27(32-23,26(36)37)16-38-15-17-7-3-1-4-8-17/h1-14,21-23,32H,15-16H2,(H,36,37). The fourth-order valence-electron chi connectivity index (χ4n) is 5.30. The van der Waals surface area contributed by atoms with Crippen LogP contribution in [0.4, 0.5) is 18.9 Å². The maximum atomic E-state index is 13.7. The van der Waals surface area contributed by atoms with Gasteiger partial charge in [0.2, 0.25) is 11.8 Å². The minimum Gasteiger partial charge on any atom is -0.480 e. The number of ether oxygens (including phenoxy) is 1. The summed E-state index contributed by atoms with van der Waals surface area (Å²) in [5.74, 6) is -5.26. The lowest BCUT2D eigenvalue weighted by Gasteiger charge is -2.31. The molecule has 2 aliphatic rings. The number of hydrogen-bond acceptors (Lipinski definition) is 5. The van der Waals surface area contributed by atoms with Gasteiger partial charge in [0.1, 0.15) is 0 Å². The molecule has 0 saturated carbocycles. The van der Waals surface area contributed by atoms with Crippen molar-refractivity contribution in [3.05, 3.63) is 102 Å². The van der Waals surface area contributed by atoms with Gasteiger partial charge < -0.3 is 9.84 Å². The summed E-state index contributed by atoms with van der Waals surface area (Å²) in [6, 6.07) is 20.2. The van der Waals surface area contributed by atoms with Crippen molar-refractivity contribution in [3.8, 4) is 0 Å². The number of para-hydroxylation sites is 1. The molecule has 4 atom stereocenters. The Balaban J connectivity index is 1.54. The van der Waals surface area contributed by atoms with Gasteiger partial charge >= 0.3 is 12.1 Å². The molecule has 2 saturated heterocycles. The van der Waals surface area contributed by atoms with Crippen LogP contribution in [-0.4, -0.2) is 35.0 Å². The summed E-state index contributed by atoms with van der Waals surface area (Å²) in [7, 11) is 0. The number of nitrogens with one attached hydrogen (secondary N) is 1. The number of rotatable bonds is 7. The Bertz CT molecular complexity index is 1350. The highest BCUT2D eigenvalue weighted by Crippen LogP contribution is 2.50. The van der Waals surface area contributed by atoms with Crippen LogP contribution in [0.5, 0.6) is 0 Å². The number of nitrogens with zero attached hydrogens (tertiary/aromatic N) is 1. The lowest BCUT2D eigenvalue weighted by Crippen LogP contribution is -2.59. The van der Waals surface area contributed by atoms with Crippen molar-refractivity contribution >= 4 is 23.5 Å². The molecule has 2 N–H and O–H groups in total. The van der Waals surface area contributed by atoms with E-state index in [-0.39, 0.29) is 17.9 Å². The smallest absolute Gasteiger partial charge is 0.416 e. The van der Waals surface area contributed by atoms with Crippen molar-refractivity contribution in [2.24, 2.45) is 11.8 Å². The van der Waals surface area contributed by atoms with Crippen LogP contribution in [0.15, 0.2) is 84.9 Å². The number of alkyl halides is 3. The monoisotopic (exact) mass is 524 g/mol. The molecule has 38 heavy (non-hydrogen) atoms. The van der Waals surface area contributed by atoms with E-state index in [1.165, 1.54) is 12.1 Å². The highest BCUT2D eigenvalue weighted by atomic mass is 19.4. The lowest BCUT2D eigenvalue weighted by atomic mass is 9.79. The van der Waals surface area contributed by atoms with Crippen molar-refractivity contribution in [3.63, 3.8) is 0 Å². The fourth-order valence-corrected chi connectivity index (χ4v) is 5.30. The zero-order valence-electron chi connectivity index (χ0n) is 19.9. The average molecular weight is 524 g/mol. The van der Waals surface area contributed by atoms with E-state index in [9.17, 15) is 32.7 Å². The number of carboxylic acids is 1. The molecule has 3 aromatic rings. The van der Waals surface area contributed by atoms with Crippen LogP contribution < -0.4 is 10.2 Å². The predicted molar refractivity (Wildman–Crippen MR) is 130 cm³/mol. The maximum absolute atomic E-state index is 13.7. The summed E-state index contributed by atoms with van der Waals surface area (Å²) in [4.78, 5) is 41.1. The van der Waals surface area contributed by atoms with Crippen LogP contribution in [0.3, 0.4) is 0 Å². The molecule has 0 radical (unpaired) electrons. The van der Waals surface area contributed by atoms with Crippen LogP contribution in [0, 0.1) is 11.8 Å². The molecule has 7 nitrogen and oxygen atoms in total. The fraction of sp³-hybridized carbons (Fsp3) is 0.250. The molecule has 0 spiro atoms. The van der Waals surface area contributed by atoms with Gasteiger partial charge in [-0.2, -0.15) is 13.2 Å². The Hall–Kier alpha value is -4.02. The quantitative estimate of drug-likeness (QED) is 0.450. The number of carbonyl (C=O) groups excluding carboxylic acids is 2. The summed E-state index contributed by atoms with van der Waals surface area (Å²) < 4.78 is 45.2. The van der Waals surface area contributed by atoms with E-state index < -0.39 is 59.5 Å². The van der Waals surface area contributed by atoms with E-state index in [1.807, 2.05) is 6.07 Å². The van der Waals surface area contributed by atoms with E-state index in [4.69, 9.17) is 4.74 Å². The number of carbonyl (C=O) groups is 3. The number of imide groups is 1. The Morgan fingerprint density at radius 2 is 1.53 bits per heavy atom. The van der Waals surface area contributed by atoms with Gasteiger partial charge in [0.15, 0.2) is 5.54 Å². The van der Waals surface area contributed by atoms with Gasteiger partial charge in [-0.25, -0.2) is 4.90 Å². The first-order valence-corrected chi connectivity index (χ1v) is 11.9. The summed E-state index contributed by atoms with van der Waals surface area (Å²) in [5.41, 5.74) is -1.56. The van der Waals surface area contributed by atoms with Crippen molar-refractivity contribution in [1.82, 2.24) is 5.32 Å². The van der Waals surface area contributed by atoms with Gasteiger partial charge in [-0.1, -0.05) is 60.7 Å². The normalized spacial score (nSPS) is 25.0. The Kier molecular flexibility index (Phi) is 6.54. The number of anilines is 1. The van der Waals surface area contributed by atoms with Crippen molar-refractivity contribution in [1.29, 1.82) is 0 Å². The van der Waals surface area contributed by atoms with Crippen molar-refractivity contribution < 1.29 is 37.4 Å². The number of amides is 2. The van der Waals surface area contributed by atoms with Crippen LogP contribution in [0.1, 0.15) is 22.7 Å². The molecule has 3 aromatic carbocycles. The van der Waals surface area contributed by atoms with Gasteiger partial charge in [0, 0.05) is 6.04 Å². The molecule has 2 amide bonds. The summed E-state index contributed by atoms with van der Waals surface area (Å²) >= 11 is 0. The number of hydrogen-bond donors (Lipinski definition) is 2. The van der Waals surface area contributed by atoms with E-state index in [2.05, 4.69) is 5.32 Å². The first-order chi connectivity index (χ1) is 18.1. The number of fused-ring (bicyclic) bond motifs is 1. The Labute approximate surface area is 215 Å². The number of halogens is 3. The third-order valence-corrected chi connectivity index (χ3v) is 7.09. The highest BCUT2D eigenvalue weighted by molar-refractivity contribution is 6.24. The van der Waals surface area contributed by atoms with Crippen LogP contribution >= 0.6 is 0 Å². The molecule has 196 valence electrons. The summed E-state index contributed by atoms with van der Waals surface area (Å²) in [6.07, 6.45) is -4.57. The van der Waals surface area contributed by atoms with Crippen LogP contribution in [0.25, 0.3) is 0 Å². The molecule has 2 aliphatic heterocycles. The second-order valence-corrected chi connectivity index (χ2v) is 9.35. The molecule has 10 heteroatoms. The minimum atomic E-state index is -4.57.